The third-order valence-electron chi connectivity index (χ3n) is 7.52. The molecule has 3 aromatic rings. The van der Waals surface area contributed by atoms with E-state index in [1.165, 1.54) is 38.5 Å². The minimum Gasteiger partial charge on any atom is -0.493 e. The van der Waals surface area contributed by atoms with Gasteiger partial charge < -0.3 is 9.47 Å². The molecule has 0 aliphatic rings. The first-order chi connectivity index (χ1) is 18.6. The van der Waals surface area contributed by atoms with Gasteiger partial charge in [-0.15, -0.1) is 0 Å². The van der Waals surface area contributed by atoms with E-state index in [0.717, 1.165) is 66.1 Å². The van der Waals surface area contributed by atoms with Gasteiger partial charge in [0.05, 0.1) is 13.2 Å². The molecule has 0 fully saturated rings. The minimum atomic E-state index is 0.604. The van der Waals surface area contributed by atoms with E-state index in [1.807, 2.05) is 36.4 Å². The van der Waals surface area contributed by atoms with Crippen molar-refractivity contribution < 1.29 is 14.3 Å². The lowest BCUT2D eigenvalue weighted by Gasteiger charge is -2.16. The van der Waals surface area contributed by atoms with E-state index in [9.17, 15) is 4.79 Å². The number of carbonyl (C=O) groups excluding carboxylic acids is 1. The molecule has 0 heterocycles. The molecule has 0 aliphatic heterocycles. The van der Waals surface area contributed by atoms with Crippen LogP contribution in [0.1, 0.15) is 89.4 Å². The number of aldehydes is 1. The first-order valence-electron chi connectivity index (χ1n) is 14.7. The van der Waals surface area contributed by atoms with Crippen molar-refractivity contribution in [2.75, 3.05) is 13.2 Å². The normalized spacial score (nSPS) is 12.6. The Morgan fingerprint density at radius 1 is 0.605 bits per heavy atom. The standard InChI is InChI=1S/C35H46O3/c1-5-9-11-27(7-3)25-37-34-17-13-30(14-18-34)32-21-29(24-36)22-33(23-32)31-15-19-35(20-16-31)38-26-28(8-4)12-10-6-2/h13-24,27-28H,5-12,25-26H2,1-4H3. The summed E-state index contributed by atoms with van der Waals surface area (Å²) in [6, 6.07) is 22.5. The molecular weight excluding hydrogens is 468 g/mol. The van der Waals surface area contributed by atoms with Crippen LogP contribution in [-0.2, 0) is 0 Å². The lowest BCUT2D eigenvalue weighted by atomic mass is 9.96. The quantitative estimate of drug-likeness (QED) is 0.168. The van der Waals surface area contributed by atoms with Crippen LogP contribution in [0.3, 0.4) is 0 Å². The van der Waals surface area contributed by atoms with Gasteiger partial charge in [-0.2, -0.15) is 0 Å². The monoisotopic (exact) mass is 514 g/mol. The highest BCUT2D eigenvalue weighted by Gasteiger charge is 2.10. The Labute approximate surface area is 230 Å². The fraction of sp³-hybridized carbons (Fsp3) is 0.457. The van der Waals surface area contributed by atoms with Gasteiger partial charge >= 0.3 is 0 Å². The lowest BCUT2D eigenvalue weighted by molar-refractivity contribution is 0.112. The van der Waals surface area contributed by atoms with E-state index >= 15 is 0 Å². The number of hydrogen-bond acceptors (Lipinski definition) is 3. The van der Waals surface area contributed by atoms with Crippen molar-refractivity contribution in [2.24, 2.45) is 11.8 Å². The summed E-state index contributed by atoms with van der Waals surface area (Å²) in [6.45, 7) is 10.5. The molecule has 0 N–H and O–H groups in total. The zero-order valence-electron chi connectivity index (χ0n) is 23.9. The number of carbonyl (C=O) groups is 1. The van der Waals surface area contributed by atoms with Gasteiger partial charge in [0.1, 0.15) is 17.8 Å². The number of rotatable bonds is 17. The van der Waals surface area contributed by atoms with Crippen LogP contribution in [0.15, 0.2) is 66.7 Å². The first kappa shape index (κ1) is 29.5. The van der Waals surface area contributed by atoms with Crippen LogP contribution in [0.2, 0.25) is 0 Å². The van der Waals surface area contributed by atoms with Crippen molar-refractivity contribution in [3.63, 3.8) is 0 Å². The molecule has 3 aromatic carbocycles. The average Bonchev–Trinajstić information content (AvgIpc) is 2.97. The van der Waals surface area contributed by atoms with Crippen LogP contribution in [0.25, 0.3) is 22.3 Å². The smallest absolute Gasteiger partial charge is 0.150 e. The van der Waals surface area contributed by atoms with E-state index in [4.69, 9.17) is 9.47 Å². The molecule has 0 radical (unpaired) electrons. The molecule has 38 heavy (non-hydrogen) atoms. The molecule has 2 unspecified atom stereocenters. The van der Waals surface area contributed by atoms with Crippen LogP contribution in [-0.4, -0.2) is 19.5 Å². The van der Waals surface area contributed by atoms with Crippen LogP contribution < -0.4 is 9.47 Å². The highest BCUT2D eigenvalue weighted by Crippen LogP contribution is 2.30. The van der Waals surface area contributed by atoms with Gasteiger partial charge in [0.2, 0.25) is 0 Å². The fourth-order valence-electron chi connectivity index (χ4n) is 4.76. The maximum absolute atomic E-state index is 11.7. The van der Waals surface area contributed by atoms with Gasteiger partial charge in [-0.25, -0.2) is 0 Å². The number of hydrogen-bond donors (Lipinski definition) is 0. The summed E-state index contributed by atoms with van der Waals surface area (Å²) in [5.74, 6) is 3.00. The molecule has 2 atom stereocenters. The Kier molecular flexibility index (Phi) is 12.4. The number of ether oxygens (including phenoxy) is 2. The van der Waals surface area contributed by atoms with Gasteiger partial charge in [0.25, 0.3) is 0 Å². The third-order valence-corrected chi connectivity index (χ3v) is 7.52. The van der Waals surface area contributed by atoms with Crippen molar-refractivity contribution >= 4 is 6.29 Å². The van der Waals surface area contributed by atoms with E-state index in [0.29, 0.717) is 17.4 Å². The van der Waals surface area contributed by atoms with Gasteiger partial charge in [-0.1, -0.05) is 90.5 Å². The molecule has 0 amide bonds. The molecule has 0 saturated carbocycles. The van der Waals surface area contributed by atoms with E-state index in [1.54, 1.807) is 0 Å². The summed E-state index contributed by atoms with van der Waals surface area (Å²) >= 11 is 0. The first-order valence-corrected chi connectivity index (χ1v) is 14.7. The Bertz CT molecular complexity index is 1000. The third kappa shape index (κ3) is 9.04. The zero-order chi connectivity index (χ0) is 27.2. The van der Waals surface area contributed by atoms with Crippen molar-refractivity contribution in [3.05, 3.63) is 72.3 Å². The molecule has 0 spiro atoms. The average molecular weight is 515 g/mol. The Hall–Kier alpha value is -3.07. The summed E-state index contributed by atoms with van der Waals surface area (Å²) in [6.07, 6.45) is 10.6. The molecule has 0 aromatic heterocycles. The highest BCUT2D eigenvalue weighted by molar-refractivity contribution is 5.84. The molecule has 0 aliphatic carbocycles. The largest absolute Gasteiger partial charge is 0.493 e. The predicted octanol–water partition coefficient (Wildman–Crippen LogP) is 10.0. The summed E-state index contributed by atoms with van der Waals surface area (Å²) < 4.78 is 12.2. The SMILES string of the molecule is CCCCC(CC)COc1ccc(-c2cc(C=O)cc(-c3ccc(OCC(CC)CCCC)cc3)c2)cc1. The predicted molar refractivity (Wildman–Crippen MR) is 160 cm³/mol. The van der Waals surface area contributed by atoms with Crippen LogP contribution in [0.4, 0.5) is 0 Å². The van der Waals surface area contributed by atoms with Gasteiger partial charge in [0, 0.05) is 5.56 Å². The molecule has 0 bridgehead atoms. The summed E-state index contributed by atoms with van der Waals surface area (Å²) in [5.41, 5.74) is 4.85. The minimum absolute atomic E-state index is 0.604. The van der Waals surface area contributed by atoms with E-state index in [-0.39, 0.29) is 0 Å². The summed E-state index contributed by atoms with van der Waals surface area (Å²) in [4.78, 5) is 11.7. The van der Waals surface area contributed by atoms with E-state index in [2.05, 4.69) is 58.0 Å². The number of benzene rings is 3. The Morgan fingerprint density at radius 2 is 1.03 bits per heavy atom. The van der Waals surface area contributed by atoms with Gasteiger partial charge in [-0.3, -0.25) is 4.79 Å². The van der Waals surface area contributed by atoms with Crippen LogP contribution >= 0.6 is 0 Å². The summed E-state index contributed by atoms with van der Waals surface area (Å²) in [7, 11) is 0. The lowest BCUT2D eigenvalue weighted by Crippen LogP contribution is -2.11. The maximum Gasteiger partial charge on any atom is 0.150 e. The Morgan fingerprint density at radius 3 is 1.37 bits per heavy atom. The maximum atomic E-state index is 11.7. The molecule has 0 saturated heterocycles. The zero-order valence-corrected chi connectivity index (χ0v) is 23.9. The second-order valence-electron chi connectivity index (χ2n) is 10.5. The second kappa shape index (κ2) is 16.0. The number of unbranched alkanes of at least 4 members (excludes halogenated alkanes) is 2. The van der Waals surface area contributed by atoms with E-state index < -0.39 is 0 Å². The summed E-state index contributed by atoms with van der Waals surface area (Å²) in [5, 5.41) is 0. The highest BCUT2D eigenvalue weighted by atomic mass is 16.5. The molecule has 3 nitrogen and oxygen atoms in total. The second-order valence-corrected chi connectivity index (χ2v) is 10.5. The van der Waals surface area contributed by atoms with Crippen molar-refractivity contribution in [2.45, 2.75) is 79.1 Å². The van der Waals surface area contributed by atoms with Gasteiger partial charge in [-0.05, 0) is 89.4 Å². The molecule has 3 heteroatoms. The van der Waals surface area contributed by atoms with Crippen molar-refractivity contribution in [3.8, 4) is 33.8 Å². The molecule has 3 rings (SSSR count). The van der Waals surface area contributed by atoms with Gasteiger partial charge in [0.15, 0.2) is 0 Å². The van der Waals surface area contributed by atoms with Crippen molar-refractivity contribution in [1.82, 2.24) is 0 Å². The molecule has 204 valence electrons. The Balaban J connectivity index is 1.69. The topological polar surface area (TPSA) is 35.5 Å². The fourth-order valence-corrected chi connectivity index (χ4v) is 4.76. The van der Waals surface area contributed by atoms with Crippen molar-refractivity contribution in [1.29, 1.82) is 0 Å². The van der Waals surface area contributed by atoms with Crippen LogP contribution in [0, 0.1) is 11.8 Å². The van der Waals surface area contributed by atoms with Crippen LogP contribution in [0.5, 0.6) is 11.5 Å². The molecular formula is C35H46O3.